The molecule has 2 heteroatoms. The third-order valence-corrected chi connectivity index (χ3v) is 3.14. The summed E-state index contributed by atoms with van der Waals surface area (Å²) in [4.78, 5) is 2.09. The van der Waals surface area contributed by atoms with Crippen molar-refractivity contribution in [1.29, 1.82) is 0 Å². The maximum absolute atomic E-state index is 5.36. The average Bonchev–Trinajstić information content (AvgIpc) is 2.46. The van der Waals surface area contributed by atoms with E-state index >= 15 is 0 Å². The predicted molar refractivity (Wildman–Crippen MR) is 78.9 cm³/mol. The Hall–Kier alpha value is -1.80. The third-order valence-electron chi connectivity index (χ3n) is 3.14. The van der Waals surface area contributed by atoms with E-state index in [-0.39, 0.29) is 0 Å². The fraction of sp³-hybridized carbons (Fsp3) is 0.235. The molecule has 0 aliphatic carbocycles. The molecular formula is C17H20NO-. The van der Waals surface area contributed by atoms with Crippen LogP contribution < -0.4 is 4.74 Å². The summed E-state index contributed by atoms with van der Waals surface area (Å²) < 4.78 is 5.36. The zero-order valence-corrected chi connectivity index (χ0v) is 11.4. The van der Waals surface area contributed by atoms with Crippen molar-refractivity contribution in [3.8, 4) is 5.75 Å². The van der Waals surface area contributed by atoms with Gasteiger partial charge >= 0.3 is 0 Å². The first-order chi connectivity index (χ1) is 9.29. The van der Waals surface area contributed by atoms with Gasteiger partial charge in [0, 0.05) is 0 Å². The number of methoxy groups -OCH3 is 1. The van der Waals surface area contributed by atoms with Crippen LogP contribution in [0.4, 0.5) is 0 Å². The Morgan fingerprint density at radius 1 is 1.00 bits per heavy atom. The maximum Gasteiger partial charge on any atom is 0.122 e. The second kappa shape index (κ2) is 6.95. The van der Waals surface area contributed by atoms with Crippen LogP contribution in [0.15, 0.2) is 54.6 Å². The van der Waals surface area contributed by atoms with Gasteiger partial charge in [-0.2, -0.15) is 0 Å². The number of nitrogens with zero attached hydrogens (tertiary/aromatic N) is 1. The standard InChI is InChI=1S/C17H20NO/c1-18(14-15-8-4-3-5-9-15)13-12-16-10-6-7-11-17(16)19-2/h3-11H,1,12-14H2,2H3/q-1. The minimum absolute atomic E-state index is 0.871. The molecule has 2 aromatic carbocycles. The molecule has 2 nitrogen and oxygen atoms in total. The summed E-state index contributed by atoms with van der Waals surface area (Å²) in [6.07, 6.45) is 0.945. The van der Waals surface area contributed by atoms with Gasteiger partial charge in [-0.1, -0.05) is 48.5 Å². The van der Waals surface area contributed by atoms with Gasteiger partial charge in [-0.25, -0.2) is 0 Å². The van der Waals surface area contributed by atoms with Crippen LogP contribution in [0.3, 0.4) is 0 Å². The Labute approximate surface area is 115 Å². The van der Waals surface area contributed by atoms with Crippen molar-refractivity contribution >= 4 is 0 Å². The van der Waals surface area contributed by atoms with Crippen molar-refractivity contribution in [2.75, 3.05) is 13.7 Å². The van der Waals surface area contributed by atoms with E-state index in [2.05, 4.69) is 42.3 Å². The molecule has 2 aromatic rings. The molecule has 0 aromatic heterocycles. The van der Waals surface area contributed by atoms with Gasteiger partial charge in [-0.3, -0.25) is 7.05 Å². The molecule has 0 atom stereocenters. The van der Waals surface area contributed by atoms with E-state index in [1.807, 2.05) is 24.3 Å². The molecule has 0 spiro atoms. The lowest BCUT2D eigenvalue weighted by molar-refractivity contribution is 0.361. The van der Waals surface area contributed by atoms with Crippen LogP contribution in [0.25, 0.3) is 0 Å². The maximum atomic E-state index is 5.36. The summed E-state index contributed by atoms with van der Waals surface area (Å²) in [6, 6.07) is 18.5. The van der Waals surface area contributed by atoms with E-state index in [4.69, 9.17) is 4.74 Å². The zero-order valence-electron chi connectivity index (χ0n) is 11.4. The molecule has 0 fully saturated rings. The van der Waals surface area contributed by atoms with E-state index in [9.17, 15) is 0 Å². The summed E-state index contributed by atoms with van der Waals surface area (Å²) in [6.45, 7) is 1.78. The SMILES string of the molecule is [CH2-]N(CCc1ccccc1OC)Cc1ccccc1. The summed E-state index contributed by atoms with van der Waals surface area (Å²) in [5, 5.41) is 0. The highest BCUT2D eigenvalue weighted by Crippen LogP contribution is 2.18. The molecular weight excluding hydrogens is 234 g/mol. The van der Waals surface area contributed by atoms with E-state index in [1.54, 1.807) is 7.11 Å². The zero-order chi connectivity index (χ0) is 13.5. The number of hydrogen-bond acceptors (Lipinski definition) is 2. The number of benzene rings is 2. The van der Waals surface area contributed by atoms with Gasteiger partial charge < -0.3 is 9.64 Å². The van der Waals surface area contributed by atoms with E-state index in [0.29, 0.717) is 0 Å². The second-order valence-electron chi connectivity index (χ2n) is 4.60. The second-order valence-corrected chi connectivity index (χ2v) is 4.60. The summed E-state index contributed by atoms with van der Waals surface area (Å²) in [7, 11) is 5.81. The topological polar surface area (TPSA) is 12.5 Å². The highest BCUT2D eigenvalue weighted by Gasteiger charge is 2.02. The largest absolute Gasteiger partial charge is 0.496 e. The summed E-state index contributed by atoms with van der Waals surface area (Å²) >= 11 is 0. The van der Waals surface area contributed by atoms with Crippen LogP contribution in [0, 0.1) is 7.05 Å². The van der Waals surface area contributed by atoms with Gasteiger partial charge in [0.2, 0.25) is 0 Å². The van der Waals surface area contributed by atoms with Crippen LogP contribution in [0.2, 0.25) is 0 Å². The molecule has 0 unspecified atom stereocenters. The monoisotopic (exact) mass is 254 g/mol. The molecule has 2 rings (SSSR count). The molecule has 0 bridgehead atoms. The molecule has 0 radical (unpaired) electrons. The van der Waals surface area contributed by atoms with Crippen molar-refractivity contribution < 1.29 is 4.74 Å². The quantitative estimate of drug-likeness (QED) is 0.731. The van der Waals surface area contributed by atoms with E-state index < -0.39 is 0 Å². The van der Waals surface area contributed by atoms with Gasteiger partial charge in [0.25, 0.3) is 0 Å². The van der Waals surface area contributed by atoms with Crippen molar-refractivity contribution in [3.05, 3.63) is 72.8 Å². The van der Waals surface area contributed by atoms with Crippen LogP contribution in [-0.2, 0) is 13.0 Å². The Morgan fingerprint density at radius 3 is 2.42 bits per heavy atom. The Morgan fingerprint density at radius 2 is 1.68 bits per heavy atom. The van der Waals surface area contributed by atoms with Crippen molar-refractivity contribution in [2.45, 2.75) is 13.0 Å². The van der Waals surface area contributed by atoms with Gasteiger partial charge in [0.05, 0.1) is 7.11 Å². The Kier molecular flexibility index (Phi) is 4.99. The van der Waals surface area contributed by atoms with E-state index in [0.717, 1.165) is 25.3 Å². The number of hydrogen-bond donors (Lipinski definition) is 0. The Bertz CT molecular complexity index is 496. The van der Waals surface area contributed by atoms with Gasteiger partial charge in [-0.05, 0) is 36.7 Å². The van der Waals surface area contributed by atoms with Crippen LogP contribution in [0.5, 0.6) is 5.75 Å². The van der Waals surface area contributed by atoms with Crippen molar-refractivity contribution in [2.24, 2.45) is 0 Å². The summed E-state index contributed by atoms with van der Waals surface area (Å²) in [5.41, 5.74) is 2.52. The predicted octanol–water partition coefficient (Wildman–Crippen LogP) is 3.53. The van der Waals surface area contributed by atoms with Crippen LogP contribution >= 0.6 is 0 Å². The van der Waals surface area contributed by atoms with Gasteiger partial charge in [-0.15, -0.1) is 0 Å². The smallest absolute Gasteiger partial charge is 0.122 e. The molecule has 100 valence electrons. The molecule has 0 saturated carbocycles. The van der Waals surface area contributed by atoms with E-state index in [1.165, 1.54) is 11.1 Å². The molecule has 0 aliphatic rings. The minimum Gasteiger partial charge on any atom is -0.496 e. The lowest BCUT2D eigenvalue weighted by Crippen LogP contribution is -2.18. The fourth-order valence-electron chi connectivity index (χ4n) is 2.11. The van der Waals surface area contributed by atoms with Crippen LogP contribution in [-0.4, -0.2) is 18.6 Å². The average molecular weight is 254 g/mol. The first-order valence-electron chi connectivity index (χ1n) is 6.51. The lowest BCUT2D eigenvalue weighted by Gasteiger charge is -2.25. The Balaban J connectivity index is 1.88. The number of rotatable bonds is 6. The number of ether oxygens (including phenoxy) is 1. The molecule has 19 heavy (non-hydrogen) atoms. The van der Waals surface area contributed by atoms with Crippen LogP contribution in [0.1, 0.15) is 11.1 Å². The van der Waals surface area contributed by atoms with Crippen molar-refractivity contribution in [3.63, 3.8) is 0 Å². The first kappa shape index (κ1) is 13.6. The normalized spacial score (nSPS) is 10.7. The molecule has 0 amide bonds. The summed E-state index contributed by atoms with van der Waals surface area (Å²) in [5.74, 6) is 0.954. The molecule has 0 aliphatic heterocycles. The first-order valence-corrected chi connectivity index (χ1v) is 6.51. The van der Waals surface area contributed by atoms with Gasteiger partial charge in [0.15, 0.2) is 0 Å². The lowest BCUT2D eigenvalue weighted by atomic mass is 10.1. The molecule has 0 saturated heterocycles. The number of para-hydroxylation sites is 1. The highest BCUT2D eigenvalue weighted by atomic mass is 16.5. The fourth-order valence-corrected chi connectivity index (χ4v) is 2.11. The molecule has 0 heterocycles. The third kappa shape index (κ3) is 4.11. The highest BCUT2D eigenvalue weighted by molar-refractivity contribution is 5.33. The van der Waals surface area contributed by atoms with Crippen molar-refractivity contribution in [1.82, 2.24) is 4.90 Å². The van der Waals surface area contributed by atoms with Gasteiger partial charge in [0.1, 0.15) is 5.75 Å². The minimum atomic E-state index is 0.871. The molecule has 0 N–H and O–H groups in total.